The topological polar surface area (TPSA) is 42.2 Å². The van der Waals surface area contributed by atoms with E-state index in [0.29, 0.717) is 6.04 Å². The van der Waals surface area contributed by atoms with Crippen molar-refractivity contribution in [3.8, 4) is 0 Å². The van der Waals surface area contributed by atoms with Gasteiger partial charge in [0, 0.05) is 23.2 Å². The molecule has 3 rings (SSSR count). The number of hydrogen-bond acceptors (Lipinski definition) is 4. The molecule has 1 aromatic heterocycles. The Kier molecular flexibility index (Phi) is 3.76. The van der Waals surface area contributed by atoms with Crippen molar-refractivity contribution >= 4 is 17.0 Å². The molecular weight excluding hydrogens is 266 g/mol. The van der Waals surface area contributed by atoms with Gasteiger partial charge in [-0.05, 0) is 50.9 Å². The molecule has 0 saturated heterocycles. The predicted molar refractivity (Wildman–Crippen MR) is 84.9 cm³/mol. The lowest BCUT2D eigenvalue weighted by Crippen LogP contribution is -2.26. The number of nitrogens with two attached hydrogens (primary N) is 1. The highest BCUT2D eigenvalue weighted by Gasteiger charge is 2.26. The minimum absolute atomic E-state index is 0.506. The second-order valence-corrected chi connectivity index (χ2v) is 6.85. The first-order valence-electron chi connectivity index (χ1n) is 7.14. The zero-order valence-corrected chi connectivity index (χ0v) is 12.9. The largest absolute Gasteiger partial charge is 0.399 e. The SMILES string of the molecule is Cc1nc2c(s1)C(N(C)Cc1cccc(N)c1)CCC2. The molecule has 4 heteroatoms. The molecule has 2 N–H and O–H groups in total. The summed E-state index contributed by atoms with van der Waals surface area (Å²) in [4.78, 5) is 8.58. The molecule has 1 aliphatic rings. The molecule has 3 nitrogen and oxygen atoms in total. The molecule has 0 fully saturated rings. The highest BCUT2D eigenvalue weighted by atomic mass is 32.1. The molecule has 1 unspecified atom stereocenters. The summed E-state index contributed by atoms with van der Waals surface area (Å²) < 4.78 is 0. The fourth-order valence-corrected chi connectivity index (χ4v) is 4.20. The third-order valence-electron chi connectivity index (χ3n) is 3.94. The van der Waals surface area contributed by atoms with E-state index < -0.39 is 0 Å². The fourth-order valence-electron chi connectivity index (χ4n) is 3.03. The maximum absolute atomic E-state index is 5.87. The molecule has 0 amide bonds. The van der Waals surface area contributed by atoms with Crippen LogP contribution in [0.5, 0.6) is 0 Å². The molecule has 1 atom stereocenters. The summed E-state index contributed by atoms with van der Waals surface area (Å²) in [6, 6.07) is 8.69. The van der Waals surface area contributed by atoms with Gasteiger partial charge in [-0.2, -0.15) is 0 Å². The number of nitrogens with zero attached hydrogens (tertiary/aromatic N) is 2. The Morgan fingerprint density at radius 1 is 1.45 bits per heavy atom. The van der Waals surface area contributed by atoms with Crippen LogP contribution in [0.15, 0.2) is 24.3 Å². The highest BCUT2D eigenvalue weighted by molar-refractivity contribution is 7.11. The quantitative estimate of drug-likeness (QED) is 0.878. The summed E-state index contributed by atoms with van der Waals surface area (Å²) in [5, 5.41) is 1.19. The van der Waals surface area contributed by atoms with Gasteiger partial charge in [-0.3, -0.25) is 4.90 Å². The van der Waals surface area contributed by atoms with Gasteiger partial charge >= 0.3 is 0 Å². The number of fused-ring (bicyclic) bond motifs is 1. The van der Waals surface area contributed by atoms with E-state index in [2.05, 4.69) is 36.0 Å². The van der Waals surface area contributed by atoms with E-state index in [1.54, 1.807) is 0 Å². The second kappa shape index (κ2) is 5.54. The Morgan fingerprint density at radius 2 is 2.30 bits per heavy atom. The normalized spacial score (nSPS) is 18.2. The Bertz CT molecular complexity index is 606. The molecule has 1 aliphatic carbocycles. The lowest BCUT2D eigenvalue weighted by molar-refractivity contribution is 0.216. The van der Waals surface area contributed by atoms with Gasteiger partial charge in [-0.25, -0.2) is 4.98 Å². The second-order valence-electron chi connectivity index (χ2n) is 5.61. The zero-order chi connectivity index (χ0) is 14.1. The van der Waals surface area contributed by atoms with Gasteiger partial charge in [0.25, 0.3) is 0 Å². The number of aryl methyl sites for hydroxylation is 2. The lowest BCUT2D eigenvalue weighted by atomic mass is 9.96. The molecule has 1 aromatic carbocycles. The van der Waals surface area contributed by atoms with E-state index in [1.165, 1.54) is 34.0 Å². The van der Waals surface area contributed by atoms with Crippen molar-refractivity contribution < 1.29 is 0 Å². The number of benzene rings is 1. The smallest absolute Gasteiger partial charge is 0.0900 e. The third-order valence-corrected chi connectivity index (χ3v) is 5.06. The predicted octanol–water partition coefficient (Wildman–Crippen LogP) is 3.54. The van der Waals surface area contributed by atoms with E-state index in [-0.39, 0.29) is 0 Å². The van der Waals surface area contributed by atoms with Crippen LogP contribution in [-0.2, 0) is 13.0 Å². The molecule has 106 valence electrons. The number of anilines is 1. The van der Waals surface area contributed by atoms with Crippen molar-refractivity contribution in [2.24, 2.45) is 0 Å². The molecular formula is C16H21N3S. The molecule has 0 saturated carbocycles. The maximum Gasteiger partial charge on any atom is 0.0900 e. The van der Waals surface area contributed by atoms with E-state index in [0.717, 1.165) is 18.7 Å². The molecule has 0 aliphatic heterocycles. The van der Waals surface area contributed by atoms with Crippen molar-refractivity contribution in [2.75, 3.05) is 12.8 Å². The first-order valence-corrected chi connectivity index (χ1v) is 7.96. The number of hydrogen-bond donors (Lipinski definition) is 1. The van der Waals surface area contributed by atoms with E-state index in [4.69, 9.17) is 5.73 Å². The summed E-state index contributed by atoms with van der Waals surface area (Å²) in [6.45, 7) is 3.05. The van der Waals surface area contributed by atoms with Crippen LogP contribution in [0.1, 0.15) is 40.0 Å². The first kappa shape index (κ1) is 13.6. The minimum atomic E-state index is 0.506. The van der Waals surface area contributed by atoms with Crippen molar-refractivity contribution in [3.05, 3.63) is 45.4 Å². The maximum atomic E-state index is 5.87. The minimum Gasteiger partial charge on any atom is -0.399 e. The van der Waals surface area contributed by atoms with E-state index in [9.17, 15) is 0 Å². The standard InChI is InChI=1S/C16H21N3S/c1-11-18-14-7-4-8-15(16(14)20-11)19(2)10-12-5-3-6-13(17)9-12/h3,5-6,9,15H,4,7-8,10,17H2,1-2H3. The molecule has 20 heavy (non-hydrogen) atoms. The van der Waals surface area contributed by atoms with Crippen molar-refractivity contribution in [1.29, 1.82) is 0 Å². The monoisotopic (exact) mass is 287 g/mol. The first-order chi connectivity index (χ1) is 9.63. The summed E-state index contributed by atoms with van der Waals surface area (Å²) >= 11 is 1.86. The average Bonchev–Trinajstić information content (AvgIpc) is 2.78. The Morgan fingerprint density at radius 3 is 3.10 bits per heavy atom. The molecule has 1 heterocycles. The zero-order valence-electron chi connectivity index (χ0n) is 12.1. The van der Waals surface area contributed by atoms with Crippen molar-refractivity contribution in [3.63, 3.8) is 0 Å². The number of rotatable bonds is 3. The van der Waals surface area contributed by atoms with Crippen LogP contribution < -0.4 is 5.73 Å². The molecule has 0 bridgehead atoms. The summed E-state index contributed by atoms with van der Waals surface area (Å²) in [6.07, 6.45) is 3.61. The lowest BCUT2D eigenvalue weighted by Gasteiger charge is -2.30. The summed E-state index contributed by atoms with van der Waals surface area (Å²) in [5.41, 5.74) is 9.31. The fraction of sp³-hybridized carbons (Fsp3) is 0.438. The van der Waals surface area contributed by atoms with Crippen LogP contribution in [0.2, 0.25) is 0 Å². The average molecular weight is 287 g/mol. The van der Waals surface area contributed by atoms with Crippen LogP contribution >= 0.6 is 11.3 Å². The number of thiazole rings is 1. The van der Waals surface area contributed by atoms with Gasteiger partial charge in [0.05, 0.1) is 10.7 Å². The van der Waals surface area contributed by atoms with Crippen LogP contribution in [0, 0.1) is 6.92 Å². The van der Waals surface area contributed by atoms with Crippen LogP contribution in [0.3, 0.4) is 0 Å². The van der Waals surface area contributed by atoms with Crippen molar-refractivity contribution in [2.45, 2.75) is 38.8 Å². The summed E-state index contributed by atoms with van der Waals surface area (Å²) in [7, 11) is 2.21. The molecule has 0 radical (unpaired) electrons. The van der Waals surface area contributed by atoms with E-state index >= 15 is 0 Å². The summed E-state index contributed by atoms with van der Waals surface area (Å²) in [5.74, 6) is 0. The number of nitrogen functional groups attached to an aromatic ring is 1. The Hall–Kier alpha value is -1.39. The molecule has 0 spiro atoms. The Balaban J connectivity index is 1.79. The van der Waals surface area contributed by atoms with Gasteiger partial charge in [-0.1, -0.05) is 12.1 Å². The van der Waals surface area contributed by atoms with Gasteiger partial charge in [0.1, 0.15) is 0 Å². The highest BCUT2D eigenvalue weighted by Crippen LogP contribution is 2.37. The van der Waals surface area contributed by atoms with Gasteiger partial charge in [0.2, 0.25) is 0 Å². The molecule has 2 aromatic rings. The van der Waals surface area contributed by atoms with Gasteiger partial charge in [0.15, 0.2) is 0 Å². The van der Waals surface area contributed by atoms with Gasteiger partial charge < -0.3 is 5.73 Å². The van der Waals surface area contributed by atoms with E-state index in [1.807, 2.05) is 23.5 Å². The number of aromatic nitrogens is 1. The van der Waals surface area contributed by atoms with Gasteiger partial charge in [-0.15, -0.1) is 11.3 Å². The van der Waals surface area contributed by atoms with Crippen LogP contribution in [-0.4, -0.2) is 16.9 Å². The van der Waals surface area contributed by atoms with Crippen molar-refractivity contribution in [1.82, 2.24) is 9.88 Å². The van der Waals surface area contributed by atoms with Crippen LogP contribution in [0.25, 0.3) is 0 Å². The third kappa shape index (κ3) is 2.72. The van der Waals surface area contributed by atoms with Crippen LogP contribution in [0.4, 0.5) is 5.69 Å². The Labute approximate surface area is 124 Å².